The molecule has 0 aliphatic rings. The van der Waals surface area contributed by atoms with Crippen LogP contribution in [0, 0.1) is 0 Å². The summed E-state index contributed by atoms with van der Waals surface area (Å²) in [6, 6.07) is 9.57. The lowest BCUT2D eigenvalue weighted by atomic mass is 10.1. The molecule has 6 heteroatoms. The van der Waals surface area contributed by atoms with Crippen LogP contribution in [0.15, 0.2) is 71.4 Å². The Hall–Kier alpha value is -2.60. The van der Waals surface area contributed by atoms with Gasteiger partial charge in [0.1, 0.15) is 10.7 Å². The van der Waals surface area contributed by atoms with Gasteiger partial charge >= 0.3 is 0 Å². The van der Waals surface area contributed by atoms with Gasteiger partial charge in [0, 0.05) is 24.2 Å². The van der Waals surface area contributed by atoms with E-state index in [0.717, 1.165) is 30.4 Å². The lowest BCUT2D eigenvalue weighted by molar-refractivity contribution is 0.596. The number of hydrogen-bond acceptors (Lipinski definition) is 4. The zero-order valence-electron chi connectivity index (χ0n) is 14.3. The average Bonchev–Trinajstić information content (AvgIpc) is 2.71. The summed E-state index contributed by atoms with van der Waals surface area (Å²) in [7, 11) is -3.74. The summed E-state index contributed by atoms with van der Waals surface area (Å²) in [4.78, 5) is 7.19. The number of nitrogen functional groups attached to an aromatic ring is 1. The molecule has 132 valence electrons. The molecule has 0 aliphatic heterocycles. The van der Waals surface area contributed by atoms with E-state index in [0.29, 0.717) is 0 Å². The molecule has 1 heterocycles. The van der Waals surface area contributed by atoms with Gasteiger partial charge in [-0.3, -0.25) is 4.98 Å². The minimum atomic E-state index is -3.74. The fourth-order valence-electron chi connectivity index (χ4n) is 2.28. The van der Waals surface area contributed by atoms with Crippen LogP contribution in [0.4, 0.5) is 5.82 Å². The second kappa shape index (κ2) is 8.48. The van der Waals surface area contributed by atoms with E-state index in [2.05, 4.69) is 23.5 Å². The van der Waals surface area contributed by atoms with Crippen molar-refractivity contribution >= 4 is 21.2 Å². The maximum Gasteiger partial charge on any atom is 0.210 e. The van der Waals surface area contributed by atoms with Gasteiger partial charge in [-0.15, -0.1) is 0 Å². The number of aromatic amines is 1. The topological polar surface area (TPSA) is 88.8 Å². The van der Waals surface area contributed by atoms with Gasteiger partial charge in [-0.2, -0.15) is 0 Å². The molecule has 0 radical (unpaired) electrons. The number of nitrogens with one attached hydrogen (secondary N) is 1. The average molecular weight is 357 g/mol. The van der Waals surface area contributed by atoms with Crippen LogP contribution in [0.5, 0.6) is 0 Å². The molecule has 0 atom stereocenters. The zero-order valence-corrected chi connectivity index (χ0v) is 15.1. The minimum Gasteiger partial charge on any atom is -0.384 e. The van der Waals surface area contributed by atoms with E-state index < -0.39 is 9.84 Å². The number of nitrogens with zero attached hydrogens (tertiary/aromatic N) is 1. The SMILES string of the molecule is C=C(CCCC)c1cnccc(S(=O)(=O)c2ccccc2)c(N)[nH]c1. The van der Waals surface area contributed by atoms with E-state index in [1.54, 1.807) is 30.6 Å². The fourth-order valence-corrected chi connectivity index (χ4v) is 3.63. The summed E-state index contributed by atoms with van der Waals surface area (Å²) in [5, 5.41) is 0. The highest BCUT2D eigenvalue weighted by Crippen LogP contribution is 2.23. The van der Waals surface area contributed by atoms with E-state index in [4.69, 9.17) is 5.73 Å². The molecule has 0 saturated carbocycles. The Morgan fingerprint density at radius 2 is 1.96 bits per heavy atom. The maximum absolute atomic E-state index is 12.8. The van der Waals surface area contributed by atoms with Crippen molar-refractivity contribution in [3.8, 4) is 0 Å². The lowest BCUT2D eigenvalue weighted by Crippen LogP contribution is -2.05. The quantitative estimate of drug-likeness (QED) is 0.812. The molecule has 25 heavy (non-hydrogen) atoms. The van der Waals surface area contributed by atoms with Crippen molar-refractivity contribution < 1.29 is 8.42 Å². The normalized spacial score (nSPS) is 10.9. The Balaban J connectivity index is 2.52. The van der Waals surface area contributed by atoms with Crippen molar-refractivity contribution in [1.82, 2.24) is 9.97 Å². The monoisotopic (exact) mass is 357 g/mol. The number of anilines is 1. The highest BCUT2D eigenvalue weighted by atomic mass is 32.2. The van der Waals surface area contributed by atoms with Crippen LogP contribution < -0.4 is 5.73 Å². The Labute approximate surface area is 148 Å². The zero-order chi connectivity index (χ0) is 18.3. The molecule has 0 spiro atoms. The molecular weight excluding hydrogens is 334 g/mol. The summed E-state index contributed by atoms with van der Waals surface area (Å²) < 4.78 is 25.6. The van der Waals surface area contributed by atoms with E-state index in [-0.39, 0.29) is 15.6 Å². The molecule has 0 aliphatic carbocycles. The third kappa shape index (κ3) is 4.70. The number of aromatic nitrogens is 2. The Morgan fingerprint density at radius 1 is 1.24 bits per heavy atom. The van der Waals surface area contributed by atoms with Gasteiger partial charge in [0.2, 0.25) is 9.84 Å². The number of sulfone groups is 1. The van der Waals surface area contributed by atoms with E-state index in [1.807, 2.05) is 0 Å². The highest BCUT2D eigenvalue weighted by Gasteiger charge is 2.19. The summed E-state index contributed by atoms with van der Waals surface area (Å²) >= 11 is 0. The number of unbranched alkanes of at least 4 members (excludes halogenated alkanes) is 1. The molecule has 3 N–H and O–H groups in total. The van der Waals surface area contributed by atoms with Gasteiger partial charge < -0.3 is 10.7 Å². The highest BCUT2D eigenvalue weighted by molar-refractivity contribution is 7.91. The van der Waals surface area contributed by atoms with Crippen molar-refractivity contribution in [1.29, 1.82) is 0 Å². The van der Waals surface area contributed by atoms with Crippen LogP contribution in [0.2, 0.25) is 0 Å². The molecule has 0 saturated heterocycles. The van der Waals surface area contributed by atoms with E-state index >= 15 is 0 Å². The number of nitrogens with two attached hydrogens (primary N) is 1. The lowest BCUT2D eigenvalue weighted by Gasteiger charge is -2.05. The second-order valence-corrected chi connectivity index (χ2v) is 7.56. The van der Waals surface area contributed by atoms with Gasteiger partial charge in [-0.25, -0.2) is 8.42 Å². The predicted molar refractivity (Wildman–Crippen MR) is 101 cm³/mol. The summed E-state index contributed by atoms with van der Waals surface area (Å²) in [5.41, 5.74) is 7.73. The van der Waals surface area contributed by atoms with E-state index in [1.165, 1.54) is 24.4 Å². The van der Waals surface area contributed by atoms with Crippen LogP contribution >= 0.6 is 0 Å². The van der Waals surface area contributed by atoms with Crippen molar-refractivity contribution in [3.05, 3.63) is 67.1 Å². The second-order valence-electron chi connectivity index (χ2n) is 5.64. The predicted octanol–water partition coefficient (Wildman–Crippen LogP) is 4.15. The molecule has 2 aromatic rings. The molecule has 0 amide bonds. The van der Waals surface area contributed by atoms with E-state index in [9.17, 15) is 8.42 Å². The molecule has 0 fully saturated rings. The first-order valence-corrected chi connectivity index (χ1v) is 9.59. The van der Waals surface area contributed by atoms with Crippen molar-refractivity contribution in [3.63, 3.8) is 0 Å². The molecule has 5 nitrogen and oxygen atoms in total. The Morgan fingerprint density at radius 3 is 2.64 bits per heavy atom. The number of allylic oxidation sites excluding steroid dienone is 1. The van der Waals surface area contributed by atoms with Crippen LogP contribution in [-0.4, -0.2) is 18.4 Å². The van der Waals surface area contributed by atoms with Gasteiger partial charge in [-0.05, 0) is 36.6 Å². The van der Waals surface area contributed by atoms with Crippen LogP contribution in [0.25, 0.3) is 5.57 Å². The largest absolute Gasteiger partial charge is 0.384 e. The van der Waals surface area contributed by atoms with Gasteiger partial charge in [-0.1, -0.05) is 38.1 Å². The van der Waals surface area contributed by atoms with Gasteiger partial charge in [0.05, 0.1) is 4.90 Å². The van der Waals surface area contributed by atoms with Crippen LogP contribution in [-0.2, 0) is 9.84 Å². The summed E-state index contributed by atoms with van der Waals surface area (Å²) in [6.07, 6.45) is 7.66. The minimum absolute atomic E-state index is 0.0208. The molecule has 1 aromatic heterocycles. The van der Waals surface area contributed by atoms with Crippen LogP contribution in [0.3, 0.4) is 0 Å². The third-order valence-corrected chi connectivity index (χ3v) is 5.59. The van der Waals surface area contributed by atoms with Crippen molar-refractivity contribution in [2.75, 3.05) is 5.73 Å². The number of H-pyrrole nitrogens is 1. The van der Waals surface area contributed by atoms with Gasteiger partial charge in [0.15, 0.2) is 0 Å². The first-order valence-electron chi connectivity index (χ1n) is 8.11. The Bertz CT molecular complexity index is 886. The first kappa shape index (κ1) is 18.7. The smallest absolute Gasteiger partial charge is 0.210 e. The van der Waals surface area contributed by atoms with Crippen LogP contribution in [0.1, 0.15) is 31.7 Å². The molecule has 2 rings (SSSR count). The fraction of sp³-hybridized carbons (Fsp3) is 0.211. The van der Waals surface area contributed by atoms with Gasteiger partial charge in [0.25, 0.3) is 0 Å². The standard InChI is InChI=1S/C19H23N3O2S/c1-3-4-8-15(2)16-13-21-12-11-18(19(20)22-14-16)25(23,24)17-9-6-5-7-10-17/h5-7,9-14,22H,2-4,8,20H2,1H3. The summed E-state index contributed by atoms with van der Waals surface area (Å²) in [5.74, 6) is 0.0476. The number of benzene rings is 1. The summed E-state index contributed by atoms with van der Waals surface area (Å²) in [6.45, 7) is 6.17. The molecular formula is C19H23N3O2S. The Kier molecular flexibility index (Phi) is 6.36. The maximum atomic E-state index is 12.8. The molecule has 1 aromatic carbocycles. The first-order chi connectivity index (χ1) is 12.0. The molecule has 0 unspecified atom stereocenters. The van der Waals surface area contributed by atoms with Crippen molar-refractivity contribution in [2.45, 2.75) is 36.0 Å². The number of rotatable bonds is 6. The number of hydrogen-bond donors (Lipinski definition) is 2. The van der Waals surface area contributed by atoms with Crippen molar-refractivity contribution in [2.24, 2.45) is 0 Å². The third-order valence-electron chi connectivity index (χ3n) is 3.76. The molecule has 0 bridgehead atoms.